The Kier molecular flexibility index (Phi) is 6.71. The maximum atomic E-state index is 15.1. The van der Waals surface area contributed by atoms with Gasteiger partial charge in [0.05, 0.1) is 11.7 Å². The van der Waals surface area contributed by atoms with Gasteiger partial charge < -0.3 is 5.32 Å². The number of aromatic nitrogens is 3. The van der Waals surface area contributed by atoms with E-state index in [0.717, 1.165) is 34.5 Å². The number of carbonyl (C=O) groups excluding carboxylic acids is 1. The van der Waals surface area contributed by atoms with Crippen molar-refractivity contribution >= 4 is 16.7 Å². The zero-order valence-electron chi connectivity index (χ0n) is 23.0. The Hall–Kier alpha value is -4.67. The van der Waals surface area contributed by atoms with Crippen molar-refractivity contribution in [1.82, 2.24) is 20.1 Å². The third-order valence-electron chi connectivity index (χ3n) is 8.39. The lowest BCUT2D eigenvalue weighted by Crippen LogP contribution is -2.35. The third kappa shape index (κ3) is 4.89. The second kappa shape index (κ2) is 10.5. The van der Waals surface area contributed by atoms with Gasteiger partial charge in [0.15, 0.2) is 0 Å². The number of amides is 1. The van der Waals surface area contributed by atoms with E-state index in [1.807, 2.05) is 42.5 Å². The smallest absolute Gasteiger partial charge is 0.293 e. The monoisotopic (exact) mass is 606 g/mol. The molecule has 11 heteroatoms. The lowest BCUT2D eigenvalue weighted by Gasteiger charge is -2.22. The average Bonchev–Trinajstić information content (AvgIpc) is 3.64. The van der Waals surface area contributed by atoms with Crippen molar-refractivity contribution in [3.8, 4) is 11.1 Å². The predicted octanol–water partition coefficient (Wildman–Crippen LogP) is 7.62. The van der Waals surface area contributed by atoms with Crippen LogP contribution in [0.5, 0.6) is 0 Å². The van der Waals surface area contributed by atoms with Crippen LogP contribution in [0.4, 0.5) is 26.3 Å². The van der Waals surface area contributed by atoms with Gasteiger partial charge in [0, 0.05) is 29.3 Å². The first-order chi connectivity index (χ1) is 21.1. The number of pyridine rings is 1. The molecule has 0 radical (unpaired) electrons. The van der Waals surface area contributed by atoms with Gasteiger partial charge in [0.25, 0.3) is 12.3 Å². The highest BCUT2D eigenvalue weighted by atomic mass is 19.3. The molecule has 2 aliphatic carbocycles. The van der Waals surface area contributed by atoms with E-state index in [0.29, 0.717) is 15.9 Å². The lowest BCUT2D eigenvalue weighted by atomic mass is 9.94. The Balaban J connectivity index is 1.25. The molecule has 0 spiro atoms. The molecule has 0 bridgehead atoms. The lowest BCUT2D eigenvalue weighted by molar-refractivity contribution is -0.123. The van der Waals surface area contributed by atoms with Crippen LogP contribution in [0.2, 0.25) is 0 Å². The number of hydrogen-bond donors (Lipinski definition) is 1. The molecule has 1 saturated carbocycles. The Labute approximate surface area is 247 Å². The molecule has 44 heavy (non-hydrogen) atoms. The van der Waals surface area contributed by atoms with Crippen LogP contribution in [-0.2, 0) is 23.7 Å². The molecule has 2 aliphatic rings. The van der Waals surface area contributed by atoms with E-state index < -0.39 is 65.7 Å². The van der Waals surface area contributed by atoms with Gasteiger partial charge in [0.2, 0.25) is 5.91 Å². The highest BCUT2D eigenvalue weighted by Gasteiger charge is 2.67. The number of halogens is 6. The molecule has 7 rings (SSSR count). The van der Waals surface area contributed by atoms with Crippen molar-refractivity contribution in [3.63, 3.8) is 0 Å². The maximum absolute atomic E-state index is 15.1. The summed E-state index contributed by atoms with van der Waals surface area (Å²) in [6, 6.07) is 19.0. The van der Waals surface area contributed by atoms with Crippen LogP contribution in [0.15, 0.2) is 79.0 Å². The second-order valence-corrected chi connectivity index (χ2v) is 11.3. The Morgan fingerprint density at radius 2 is 1.70 bits per heavy atom. The van der Waals surface area contributed by atoms with Gasteiger partial charge in [0.1, 0.15) is 29.6 Å². The second-order valence-electron chi connectivity index (χ2n) is 11.3. The maximum Gasteiger partial charge on any atom is 0.293 e. The van der Waals surface area contributed by atoms with Crippen molar-refractivity contribution in [2.24, 2.45) is 5.92 Å². The van der Waals surface area contributed by atoms with Gasteiger partial charge in [-0.3, -0.25) is 14.5 Å². The first kappa shape index (κ1) is 28.1. The van der Waals surface area contributed by atoms with Crippen LogP contribution in [0.25, 0.3) is 21.9 Å². The van der Waals surface area contributed by atoms with E-state index in [1.165, 1.54) is 6.20 Å². The van der Waals surface area contributed by atoms with Gasteiger partial charge in [-0.1, -0.05) is 42.5 Å². The predicted molar refractivity (Wildman–Crippen MR) is 150 cm³/mol. The van der Waals surface area contributed by atoms with Gasteiger partial charge in [-0.15, -0.1) is 0 Å². The van der Waals surface area contributed by atoms with Crippen molar-refractivity contribution in [2.45, 2.75) is 43.7 Å². The molecule has 1 amide bonds. The molecule has 1 fully saturated rings. The molecule has 5 nitrogen and oxygen atoms in total. The summed E-state index contributed by atoms with van der Waals surface area (Å²) >= 11 is 0. The van der Waals surface area contributed by atoms with Crippen LogP contribution in [0.1, 0.15) is 53.0 Å². The number of rotatable bonds is 8. The highest BCUT2D eigenvalue weighted by Crippen LogP contribution is 2.68. The van der Waals surface area contributed by atoms with Gasteiger partial charge in [-0.2, -0.15) is 13.9 Å². The Morgan fingerprint density at radius 3 is 2.45 bits per heavy atom. The zero-order chi connectivity index (χ0) is 30.7. The topological polar surface area (TPSA) is 59.8 Å². The summed E-state index contributed by atoms with van der Waals surface area (Å²) < 4.78 is 86.6. The number of hydrogen-bond acceptors (Lipinski definition) is 3. The molecular formula is C33H24F6N4O. The van der Waals surface area contributed by atoms with Crippen molar-refractivity contribution in [3.05, 3.63) is 119 Å². The summed E-state index contributed by atoms with van der Waals surface area (Å²) in [4.78, 5) is 18.0. The van der Waals surface area contributed by atoms with Crippen LogP contribution in [-0.4, -0.2) is 20.7 Å². The van der Waals surface area contributed by atoms with E-state index >= 15 is 8.78 Å². The molecule has 2 aromatic heterocycles. The summed E-state index contributed by atoms with van der Waals surface area (Å²) in [6.45, 7) is -0.754. The van der Waals surface area contributed by atoms with Crippen LogP contribution >= 0.6 is 0 Å². The zero-order valence-corrected chi connectivity index (χ0v) is 23.0. The fourth-order valence-electron chi connectivity index (χ4n) is 6.43. The van der Waals surface area contributed by atoms with Crippen molar-refractivity contribution < 1.29 is 31.1 Å². The number of alkyl halides is 4. The Bertz CT molecular complexity index is 1900. The van der Waals surface area contributed by atoms with E-state index in [4.69, 9.17) is 0 Å². The van der Waals surface area contributed by atoms with Gasteiger partial charge >= 0.3 is 0 Å². The van der Waals surface area contributed by atoms with Crippen molar-refractivity contribution in [2.75, 3.05) is 0 Å². The van der Waals surface area contributed by atoms with Crippen LogP contribution in [0, 0.1) is 17.6 Å². The first-order valence-electron chi connectivity index (χ1n) is 14.1. The fraction of sp³-hybridized carbons (Fsp3) is 0.242. The SMILES string of the molecule is O=C(Cn1nc(C(F)F)c2c1C(F)(F)C1CC21)N[C@@H](Cc1cc(F)cc(F)c1)c1ncccc1-c1ccc2ccccc2c1. The molecule has 224 valence electrons. The summed E-state index contributed by atoms with van der Waals surface area (Å²) in [6.07, 6.45) is -1.57. The molecular weight excluding hydrogens is 582 g/mol. The summed E-state index contributed by atoms with van der Waals surface area (Å²) in [5.41, 5.74) is 0.433. The van der Waals surface area contributed by atoms with Crippen LogP contribution in [0.3, 0.4) is 0 Å². The average molecular weight is 607 g/mol. The standard InChI is InChI=1S/C33H24F6N4O/c34-21-10-17(11-22(35)14-21)12-26(29-23(6-3-9-40-29)20-8-7-18-4-1-2-5-19(18)13-20)41-27(44)16-43-31-28(30(42-43)32(36)37)24-15-25(24)33(31,38)39/h1-11,13-14,24-26,32H,12,15-16H2,(H,41,44)/t24?,25?,26-/m0/s1. The first-order valence-corrected chi connectivity index (χ1v) is 14.1. The molecule has 2 unspecified atom stereocenters. The highest BCUT2D eigenvalue weighted by molar-refractivity contribution is 5.87. The van der Waals surface area contributed by atoms with Gasteiger partial charge in [-0.05, 0) is 64.9 Å². The fourth-order valence-corrected chi connectivity index (χ4v) is 6.43. The minimum absolute atomic E-state index is 0.0983. The molecule has 3 atom stereocenters. The molecule has 2 heterocycles. The molecule has 3 aromatic carbocycles. The quantitative estimate of drug-likeness (QED) is 0.185. The van der Waals surface area contributed by atoms with Gasteiger partial charge in [-0.25, -0.2) is 17.6 Å². The largest absolute Gasteiger partial charge is 0.346 e. The summed E-state index contributed by atoms with van der Waals surface area (Å²) in [5, 5.41) is 8.45. The normalized spacial score (nSPS) is 18.7. The van der Waals surface area contributed by atoms with E-state index in [-0.39, 0.29) is 24.0 Å². The van der Waals surface area contributed by atoms with Crippen LogP contribution < -0.4 is 5.32 Å². The Morgan fingerprint density at radius 1 is 0.955 bits per heavy atom. The summed E-state index contributed by atoms with van der Waals surface area (Å²) in [5.74, 6) is -7.58. The summed E-state index contributed by atoms with van der Waals surface area (Å²) in [7, 11) is 0. The van der Waals surface area contributed by atoms with E-state index in [1.54, 1.807) is 12.1 Å². The minimum Gasteiger partial charge on any atom is -0.346 e. The molecule has 0 aliphatic heterocycles. The van der Waals surface area contributed by atoms with E-state index in [9.17, 15) is 22.4 Å². The van der Waals surface area contributed by atoms with Crippen molar-refractivity contribution in [1.29, 1.82) is 0 Å². The number of fused-ring (bicyclic) bond motifs is 4. The molecule has 5 aromatic rings. The molecule has 1 N–H and O–H groups in total. The minimum atomic E-state index is -3.39. The third-order valence-corrected chi connectivity index (χ3v) is 8.39. The molecule has 0 saturated heterocycles. The number of benzene rings is 3. The number of nitrogens with zero attached hydrogens (tertiary/aromatic N) is 3. The van der Waals surface area contributed by atoms with E-state index in [2.05, 4.69) is 15.4 Å². The number of nitrogens with one attached hydrogen (secondary N) is 1. The number of carbonyl (C=O) groups is 1.